The van der Waals surface area contributed by atoms with Crippen molar-refractivity contribution in [2.75, 3.05) is 6.61 Å². The van der Waals surface area contributed by atoms with Gasteiger partial charge in [-0.1, -0.05) is 226 Å². The Labute approximate surface area is 278 Å². The molecule has 0 aliphatic heterocycles. The lowest BCUT2D eigenvalue weighted by Crippen LogP contribution is -2.14. The molecular formula is C39H80O4S. The Morgan fingerprint density at radius 1 is 0.386 bits per heavy atom. The largest absolute Gasteiger partial charge is 0.397 e. The van der Waals surface area contributed by atoms with Gasteiger partial charge >= 0.3 is 10.4 Å². The molecule has 1 atom stereocenters. The highest BCUT2D eigenvalue weighted by Gasteiger charge is 2.13. The summed E-state index contributed by atoms with van der Waals surface area (Å²) in [7, 11) is -4.34. The topological polar surface area (TPSA) is 63.6 Å². The summed E-state index contributed by atoms with van der Waals surface area (Å²) in [4.78, 5) is 0. The Morgan fingerprint density at radius 3 is 0.795 bits per heavy atom. The highest BCUT2D eigenvalue weighted by molar-refractivity contribution is 7.80. The van der Waals surface area contributed by atoms with E-state index in [9.17, 15) is 8.42 Å². The van der Waals surface area contributed by atoms with Gasteiger partial charge in [-0.25, -0.2) is 4.18 Å². The predicted octanol–water partition coefficient (Wildman–Crippen LogP) is 14.1. The minimum atomic E-state index is -4.34. The third-order valence-electron chi connectivity index (χ3n) is 9.63. The van der Waals surface area contributed by atoms with Gasteiger partial charge in [-0.2, -0.15) is 8.42 Å². The van der Waals surface area contributed by atoms with Crippen LogP contribution in [0.1, 0.15) is 239 Å². The van der Waals surface area contributed by atoms with Crippen LogP contribution in [0.5, 0.6) is 0 Å². The Morgan fingerprint density at radius 2 is 0.591 bits per heavy atom. The van der Waals surface area contributed by atoms with Crippen LogP contribution in [0.15, 0.2) is 0 Å². The maximum atomic E-state index is 11.1. The van der Waals surface area contributed by atoms with Crippen molar-refractivity contribution in [3.63, 3.8) is 0 Å². The smallest absolute Gasteiger partial charge is 0.264 e. The van der Waals surface area contributed by atoms with E-state index >= 15 is 0 Å². The molecule has 266 valence electrons. The normalized spacial score (nSPS) is 12.7. The molecule has 0 aromatic heterocycles. The first-order valence-electron chi connectivity index (χ1n) is 20.1. The Kier molecular flexibility index (Phi) is 35.6. The van der Waals surface area contributed by atoms with Crippen LogP contribution in [0.2, 0.25) is 0 Å². The summed E-state index contributed by atoms with van der Waals surface area (Å²) in [6.07, 6.45) is 47.1. The fourth-order valence-electron chi connectivity index (χ4n) is 6.63. The molecule has 0 aliphatic carbocycles. The molecule has 1 unspecified atom stereocenters. The van der Waals surface area contributed by atoms with E-state index in [0.29, 0.717) is 0 Å². The molecule has 0 aromatic rings. The molecule has 0 rings (SSSR count). The van der Waals surface area contributed by atoms with E-state index in [4.69, 9.17) is 8.74 Å². The Balaban J connectivity index is 3.62. The predicted molar refractivity (Wildman–Crippen MR) is 194 cm³/mol. The standard InChI is InChI=1S/C39H80O4S/c1-3-5-7-9-11-13-15-17-19-20-21-22-23-25-27-29-31-33-35-37-39(38-43-44(40,41)42)36-34-32-30-28-26-24-18-16-14-12-10-8-6-4-2/h39H,3-38H2,1-2H3,(H,40,41,42). The molecular weight excluding hydrogens is 564 g/mol. The molecule has 0 heterocycles. The average Bonchev–Trinajstić information content (AvgIpc) is 3.00. The van der Waals surface area contributed by atoms with Crippen molar-refractivity contribution >= 4 is 10.4 Å². The van der Waals surface area contributed by atoms with Crippen molar-refractivity contribution in [2.24, 2.45) is 5.92 Å². The minimum absolute atomic E-state index is 0.135. The summed E-state index contributed by atoms with van der Waals surface area (Å²) in [6, 6.07) is 0. The lowest BCUT2D eigenvalue weighted by atomic mass is 9.94. The maximum Gasteiger partial charge on any atom is 0.397 e. The van der Waals surface area contributed by atoms with Gasteiger partial charge < -0.3 is 0 Å². The first kappa shape index (κ1) is 43.9. The van der Waals surface area contributed by atoms with E-state index in [2.05, 4.69) is 13.8 Å². The summed E-state index contributed by atoms with van der Waals surface area (Å²) in [5.74, 6) is 0.236. The van der Waals surface area contributed by atoms with Gasteiger partial charge in [0.05, 0.1) is 6.61 Å². The Bertz CT molecular complexity index is 636. The van der Waals surface area contributed by atoms with Gasteiger partial charge in [-0.15, -0.1) is 0 Å². The van der Waals surface area contributed by atoms with E-state index in [0.717, 1.165) is 25.7 Å². The summed E-state index contributed by atoms with van der Waals surface area (Å²) in [5, 5.41) is 0. The van der Waals surface area contributed by atoms with Gasteiger partial charge in [0, 0.05) is 0 Å². The molecule has 1 N–H and O–H groups in total. The molecule has 5 heteroatoms. The fourth-order valence-corrected chi connectivity index (χ4v) is 7.00. The van der Waals surface area contributed by atoms with Crippen LogP contribution < -0.4 is 0 Å². The zero-order valence-electron chi connectivity index (χ0n) is 30.1. The molecule has 44 heavy (non-hydrogen) atoms. The van der Waals surface area contributed by atoms with Crippen molar-refractivity contribution in [3.05, 3.63) is 0 Å². The SMILES string of the molecule is CCCCCCCCCCCCCCCCCCCCCC(CCCCCCCCCCCCCCCC)COS(=O)(=O)O. The summed E-state index contributed by atoms with van der Waals surface area (Å²) in [6.45, 7) is 4.70. The number of hydrogen-bond acceptors (Lipinski definition) is 3. The molecule has 0 saturated heterocycles. The minimum Gasteiger partial charge on any atom is -0.264 e. The van der Waals surface area contributed by atoms with Gasteiger partial charge in [0.15, 0.2) is 0 Å². The highest BCUT2D eigenvalue weighted by Crippen LogP contribution is 2.21. The van der Waals surface area contributed by atoms with Gasteiger partial charge in [-0.05, 0) is 18.8 Å². The Hall–Kier alpha value is -0.130. The first-order valence-corrected chi connectivity index (χ1v) is 21.5. The lowest BCUT2D eigenvalue weighted by Gasteiger charge is -2.16. The lowest BCUT2D eigenvalue weighted by molar-refractivity contribution is 0.204. The quantitative estimate of drug-likeness (QED) is 0.0536. The van der Waals surface area contributed by atoms with E-state index < -0.39 is 10.4 Å². The molecule has 0 fully saturated rings. The van der Waals surface area contributed by atoms with E-state index in [1.165, 1.54) is 199 Å². The van der Waals surface area contributed by atoms with Gasteiger partial charge in [-0.3, -0.25) is 4.55 Å². The maximum absolute atomic E-state index is 11.1. The van der Waals surface area contributed by atoms with E-state index in [1.807, 2.05) is 0 Å². The summed E-state index contributed by atoms with van der Waals surface area (Å²) in [5.41, 5.74) is 0. The van der Waals surface area contributed by atoms with Gasteiger partial charge in [0.25, 0.3) is 0 Å². The van der Waals surface area contributed by atoms with Crippen molar-refractivity contribution in [1.29, 1.82) is 0 Å². The fraction of sp³-hybridized carbons (Fsp3) is 1.00. The van der Waals surface area contributed by atoms with Crippen LogP contribution in [0.4, 0.5) is 0 Å². The molecule has 0 aliphatic rings. The van der Waals surface area contributed by atoms with Crippen LogP contribution in [-0.2, 0) is 14.6 Å². The molecule has 0 bridgehead atoms. The third kappa shape index (κ3) is 38.1. The molecule has 0 amide bonds. The van der Waals surface area contributed by atoms with Crippen molar-refractivity contribution in [2.45, 2.75) is 239 Å². The summed E-state index contributed by atoms with van der Waals surface area (Å²) < 4.78 is 36.1. The first-order chi connectivity index (χ1) is 21.5. The highest BCUT2D eigenvalue weighted by atomic mass is 32.3. The second-order valence-electron chi connectivity index (χ2n) is 14.1. The second kappa shape index (κ2) is 35.7. The summed E-state index contributed by atoms with van der Waals surface area (Å²) >= 11 is 0. The number of hydrogen-bond donors (Lipinski definition) is 1. The van der Waals surface area contributed by atoms with Crippen LogP contribution in [0.25, 0.3) is 0 Å². The molecule has 0 spiro atoms. The molecule has 0 aromatic carbocycles. The van der Waals surface area contributed by atoms with E-state index in [1.54, 1.807) is 0 Å². The zero-order valence-corrected chi connectivity index (χ0v) is 30.9. The number of unbranched alkanes of at least 4 members (excludes halogenated alkanes) is 31. The second-order valence-corrected chi connectivity index (χ2v) is 15.2. The van der Waals surface area contributed by atoms with Gasteiger partial charge in [0.1, 0.15) is 0 Å². The van der Waals surface area contributed by atoms with Crippen LogP contribution in [-0.4, -0.2) is 19.6 Å². The van der Waals surface area contributed by atoms with Crippen LogP contribution >= 0.6 is 0 Å². The third-order valence-corrected chi connectivity index (χ3v) is 10.1. The molecule has 0 saturated carbocycles. The van der Waals surface area contributed by atoms with E-state index in [-0.39, 0.29) is 12.5 Å². The van der Waals surface area contributed by atoms with Crippen molar-refractivity contribution in [3.8, 4) is 0 Å². The molecule has 4 nitrogen and oxygen atoms in total. The van der Waals surface area contributed by atoms with Gasteiger partial charge in [0.2, 0.25) is 0 Å². The van der Waals surface area contributed by atoms with Crippen molar-refractivity contribution in [1.82, 2.24) is 0 Å². The number of rotatable bonds is 38. The zero-order chi connectivity index (χ0) is 32.2. The monoisotopic (exact) mass is 645 g/mol. The van der Waals surface area contributed by atoms with Crippen LogP contribution in [0.3, 0.4) is 0 Å². The van der Waals surface area contributed by atoms with Crippen LogP contribution in [0, 0.1) is 5.92 Å². The molecule has 0 radical (unpaired) electrons. The average molecular weight is 645 g/mol. The van der Waals surface area contributed by atoms with Crippen molar-refractivity contribution < 1.29 is 17.2 Å².